The Labute approximate surface area is 756 Å². The van der Waals surface area contributed by atoms with Crippen LogP contribution < -0.4 is 108 Å². The second-order valence-electron chi connectivity index (χ2n) is 32.3. The Balaban J connectivity index is 1.96. The van der Waals surface area contributed by atoms with E-state index in [0.717, 1.165) is 13.8 Å². The molecule has 0 saturated heterocycles. The van der Waals surface area contributed by atoms with E-state index >= 15 is 0 Å². The molecule has 0 fully saturated rings. The minimum absolute atomic E-state index is 0.0531. The third-order valence-electron chi connectivity index (χ3n) is 20.9. The van der Waals surface area contributed by atoms with Gasteiger partial charge in [0.2, 0.25) is 94.5 Å². The molecule has 724 valence electrons. The van der Waals surface area contributed by atoms with Crippen LogP contribution in [0.2, 0.25) is 0 Å². The summed E-state index contributed by atoms with van der Waals surface area (Å²) in [5.41, 5.74) is 30.0. The van der Waals surface area contributed by atoms with E-state index < -0.39 is 279 Å². The first-order valence-corrected chi connectivity index (χ1v) is 42.9. The molecule has 18 atom stereocenters. The zero-order valence-corrected chi connectivity index (χ0v) is 74.5. The predicted octanol–water partition coefficient (Wildman–Crippen LogP) is -5.98. The van der Waals surface area contributed by atoms with E-state index in [4.69, 9.17) is 34.1 Å². The number of hydrogen-bond donors (Lipinski definition) is 27. The molecule has 0 aliphatic heterocycles. The molecule has 46 nitrogen and oxygen atoms in total. The summed E-state index contributed by atoms with van der Waals surface area (Å²) in [7, 11) is 0. The number of carboxylic acid groups (broad SMARTS) is 3. The molecule has 0 aliphatic rings. The molecule has 0 aliphatic carbocycles. The first-order valence-electron chi connectivity index (χ1n) is 42.9. The number of hydrogen-bond acceptors (Lipinski definition) is 25. The highest BCUT2D eigenvalue weighted by Crippen LogP contribution is 2.19. The summed E-state index contributed by atoms with van der Waals surface area (Å²) in [6.07, 6.45) is -7.74. The van der Waals surface area contributed by atoms with Crippen LogP contribution >= 0.6 is 0 Å². The molecule has 131 heavy (non-hydrogen) atoms. The largest absolute Gasteiger partial charge is 0.508 e. The highest BCUT2D eigenvalue weighted by atomic mass is 16.4. The van der Waals surface area contributed by atoms with E-state index in [-0.39, 0.29) is 82.5 Å². The van der Waals surface area contributed by atoms with E-state index in [2.05, 4.69) is 79.8 Å². The lowest BCUT2D eigenvalue weighted by atomic mass is 9.95. The van der Waals surface area contributed by atoms with Crippen molar-refractivity contribution in [3.63, 3.8) is 0 Å². The second kappa shape index (κ2) is 57.4. The summed E-state index contributed by atoms with van der Waals surface area (Å²) in [5.74, 6) is -25.5. The molecule has 0 radical (unpaired) electrons. The molecule has 0 aromatic heterocycles. The van der Waals surface area contributed by atoms with Gasteiger partial charge in [0.1, 0.15) is 90.3 Å². The van der Waals surface area contributed by atoms with Crippen molar-refractivity contribution in [2.24, 2.45) is 46.4 Å². The average molecular weight is 1850 g/mol. The maximum absolute atomic E-state index is 14.7. The van der Waals surface area contributed by atoms with E-state index in [1.54, 1.807) is 95.3 Å². The summed E-state index contributed by atoms with van der Waals surface area (Å²) >= 11 is 0. The fraction of sp³-hybridized carbons (Fsp3) is 0.553. The lowest BCUT2D eigenvalue weighted by Gasteiger charge is -2.31. The number of rotatable bonds is 61. The first kappa shape index (κ1) is 112. The monoisotopic (exact) mass is 1840 g/mol. The number of primary amides is 2. The summed E-state index contributed by atoms with van der Waals surface area (Å²) < 4.78 is 0. The van der Waals surface area contributed by atoms with Crippen molar-refractivity contribution in [3.8, 4) is 5.75 Å². The van der Waals surface area contributed by atoms with Crippen LogP contribution in [0.4, 0.5) is 0 Å². The smallest absolute Gasteiger partial charge is 0.326 e. The number of aromatic hydroxyl groups is 1. The lowest BCUT2D eigenvalue weighted by molar-refractivity contribution is -0.143. The fourth-order valence-corrected chi connectivity index (χ4v) is 13.1. The van der Waals surface area contributed by atoms with Crippen molar-refractivity contribution in [3.05, 3.63) is 102 Å². The van der Waals surface area contributed by atoms with Gasteiger partial charge in [0.05, 0.1) is 31.6 Å². The maximum atomic E-state index is 14.7. The summed E-state index contributed by atoms with van der Waals surface area (Å²) in [5, 5.41) is 105. The Kier molecular flexibility index (Phi) is 49.0. The van der Waals surface area contributed by atoms with Gasteiger partial charge >= 0.3 is 17.9 Å². The molecule has 46 heteroatoms. The zero-order valence-electron chi connectivity index (χ0n) is 74.5. The van der Waals surface area contributed by atoms with Crippen LogP contribution in [0.5, 0.6) is 5.75 Å². The van der Waals surface area contributed by atoms with E-state index in [0.29, 0.717) is 23.1 Å². The molecule has 0 saturated carbocycles. The van der Waals surface area contributed by atoms with Crippen molar-refractivity contribution >= 4 is 118 Å². The Morgan fingerprint density at radius 1 is 0.382 bits per heavy atom. The van der Waals surface area contributed by atoms with Gasteiger partial charge < -0.3 is 139 Å². The minimum Gasteiger partial charge on any atom is -0.508 e. The van der Waals surface area contributed by atoms with Crippen LogP contribution in [-0.4, -0.2) is 265 Å². The molecule has 0 spiro atoms. The molecule has 0 heterocycles. The molecule has 3 rings (SSSR count). The third-order valence-corrected chi connectivity index (χ3v) is 20.9. The topological polar surface area (TPSA) is 780 Å². The third kappa shape index (κ3) is 41.2. The van der Waals surface area contributed by atoms with Crippen molar-refractivity contribution in [2.45, 2.75) is 261 Å². The Morgan fingerprint density at radius 3 is 1.21 bits per heavy atom. The molecular weight excluding hydrogens is 1720 g/mol. The van der Waals surface area contributed by atoms with Gasteiger partial charge in [-0.15, -0.1) is 0 Å². The maximum Gasteiger partial charge on any atom is 0.326 e. The van der Waals surface area contributed by atoms with Gasteiger partial charge in [-0.1, -0.05) is 127 Å². The molecule has 32 N–H and O–H groups in total. The number of phenolic OH excluding ortho intramolecular Hbond substituents is 1. The van der Waals surface area contributed by atoms with Crippen molar-refractivity contribution in [1.82, 2.24) is 79.8 Å². The van der Waals surface area contributed by atoms with Crippen LogP contribution in [0.25, 0.3) is 0 Å². The lowest BCUT2D eigenvalue weighted by Crippen LogP contribution is -2.62. The summed E-state index contributed by atoms with van der Waals surface area (Å²) in [6, 6.07) is -3.10. The number of aliphatic carboxylic acids is 3. The van der Waals surface area contributed by atoms with Crippen molar-refractivity contribution in [1.29, 1.82) is 5.41 Å². The van der Waals surface area contributed by atoms with Crippen LogP contribution in [0, 0.1) is 23.2 Å². The van der Waals surface area contributed by atoms with Gasteiger partial charge in [0.15, 0.2) is 5.96 Å². The van der Waals surface area contributed by atoms with Gasteiger partial charge in [0, 0.05) is 32.2 Å². The Morgan fingerprint density at radius 2 is 0.763 bits per heavy atom. The van der Waals surface area contributed by atoms with Crippen molar-refractivity contribution < 1.29 is 122 Å². The van der Waals surface area contributed by atoms with Crippen molar-refractivity contribution in [2.75, 3.05) is 19.7 Å². The summed E-state index contributed by atoms with van der Waals surface area (Å²) in [4.78, 5) is 261. The van der Waals surface area contributed by atoms with Gasteiger partial charge in [0.25, 0.3) is 0 Å². The zero-order chi connectivity index (χ0) is 98.5. The van der Waals surface area contributed by atoms with E-state index in [1.165, 1.54) is 31.2 Å². The Bertz CT molecular complexity index is 4380. The number of carbonyl (C=O) groups excluding carboxylic acids is 16. The average Bonchev–Trinajstić information content (AvgIpc) is 0.841. The predicted molar refractivity (Wildman–Crippen MR) is 471 cm³/mol. The van der Waals surface area contributed by atoms with Crippen LogP contribution in [0.15, 0.2) is 84.9 Å². The van der Waals surface area contributed by atoms with Gasteiger partial charge in [-0.05, 0) is 125 Å². The second-order valence-corrected chi connectivity index (χ2v) is 32.3. The highest BCUT2D eigenvalue weighted by molar-refractivity contribution is 6.02. The van der Waals surface area contributed by atoms with Gasteiger partial charge in [-0.3, -0.25) is 91.7 Å². The van der Waals surface area contributed by atoms with Crippen LogP contribution in [0.1, 0.15) is 162 Å². The number of nitrogens with one attached hydrogen (secondary N) is 16. The number of unbranched alkanes of at least 4 members (excludes halogenated alkanes) is 1. The number of aliphatic hydroxyl groups is 2. The molecule has 0 bridgehead atoms. The molecule has 3 aromatic carbocycles. The summed E-state index contributed by atoms with van der Waals surface area (Å²) in [6.45, 7) is 11.1. The molecule has 16 amide bonds. The highest BCUT2D eigenvalue weighted by Gasteiger charge is 2.41. The number of carbonyl (C=O) groups is 19. The SMILES string of the molecule is CC[C@H](C)[C@H](NC(=O)[C@H](CC(C)C)NC(=O)[C@@H](NC(=O)[C@H](CCC(=O)O)NC(=O)[C@H](CC(N)=O)NC(=O)[C@H](CC(=O)O)NC(=O)[C@H](CCC(N)=O)NC(=O)[C@H](CCCNC(=N)N)NC(=O)[C@H](CCCCN)NC(=O)[C@@H](NC(=O)[C@H](C)NC(=O)[C@H](Cc1ccc(O)cc1)NC(=O)[C@H](CO)NC(=O)[C@@H](N)Cc1ccccc1)[C@@H](C)O)[C@@H](C)CC)C(=O)N[C@@H](Cc1ccccc1)C(=O)O. The van der Waals surface area contributed by atoms with Crippen LogP contribution in [-0.2, 0) is 110 Å². The number of aliphatic hydroxyl groups excluding tert-OH is 2. The fourth-order valence-electron chi connectivity index (χ4n) is 13.1. The van der Waals surface area contributed by atoms with Gasteiger partial charge in [-0.2, -0.15) is 0 Å². The number of guanidine groups is 1. The number of phenols is 1. The molecular formula is C85H129N21O25. The molecule has 0 unspecified atom stereocenters. The number of carboxylic acids is 3. The first-order chi connectivity index (χ1) is 61.7. The number of benzene rings is 3. The van der Waals surface area contributed by atoms with E-state index in [1.807, 2.05) is 0 Å². The van der Waals surface area contributed by atoms with Crippen LogP contribution in [0.3, 0.4) is 0 Å². The van der Waals surface area contributed by atoms with Gasteiger partial charge in [-0.25, -0.2) is 4.79 Å². The standard InChI is InChI=1S/C85H129N21O25/c1-9-44(5)67(81(127)101-57(36-43(3)4)79(125)105-68(45(6)10-2)82(128)102-61(84(130)131)39-49-22-15-12-16-23-49)104-75(121)56(31-33-65(112)113)96-77(123)59(40-64(89)111)99-78(124)60(41-66(114)115)100-74(120)55(30-32-63(88)110)95-73(119)54(25-19-35-92-85(90)91)94-72(118)53(24-17-18-34-86)97-83(129)69(47(8)108)106-70(116)46(7)93-76(122)58(38-50-26-28-51(109)29-27-50)98-80(126)62(42-107)103-71(117)52(87)37-48-20-13-11-14-21-48/h11-16,20-23,26-29,43-47,52-62,67-69,107-109H,9-10,17-19,24-25,30-42,86-87H2,1-8H3,(H2,88,110)(H2,89,111)(H,93,122)(H,94,118)(H,95,119)(H,96,123)(H,97,129)(H,98,126)(H,99,124)(H,100,120)(H,101,127)(H,102,128)(H,103,117)(H,104,121)(H,105,125)(H,106,116)(H,112,113)(H,114,115)(H,130,131)(H4,90,91,92)/t44-,45-,46-,47+,52-,53-,54-,55-,56-,57-,58-,59-,60-,61-,62-,67-,68-,69-/m0/s1. The quantitative estimate of drug-likeness (QED) is 0.0142. The molecule has 3 aromatic rings. The number of amides is 16. The normalized spacial score (nSPS) is 15.2. The number of nitrogens with two attached hydrogens (primary N) is 5. The Hall–Kier alpha value is -13.5. The van der Waals surface area contributed by atoms with E-state index in [9.17, 15) is 122 Å². The minimum atomic E-state index is -2.30.